The van der Waals surface area contributed by atoms with Gasteiger partial charge < -0.3 is 31.6 Å². The summed E-state index contributed by atoms with van der Waals surface area (Å²) in [4.78, 5) is 15.8. The third-order valence-electron chi connectivity index (χ3n) is 15.1. The summed E-state index contributed by atoms with van der Waals surface area (Å²) in [5.74, 6) is 3.61. The quantitative estimate of drug-likeness (QED) is 0.0570. The predicted octanol–water partition coefficient (Wildman–Crippen LogP) is 9.55. The molecule has 4 aliphatic carbocycles. The molecule has 3 fully saturated rings. The summed E-state index contributed by atoms with van der Waals surface area (Å²) in [5, 5.41) is 0. The van der Waals surface area contributed by atoms with E-state index in [0.717, 1.165) is 97.1 Å². The molecule has 0 aromatic heterocycles. The number of amides is 1. The maximum absolute atomic E-state index is 13.6. The highest BCUT2D eigenvalue weighted by Gasteiger charge is 2.64. The third kappa shape index (κ3) is 11.8. The second kappa shape index (κ2) is 23.3. The molecule has 0 saturated heterocycles. The van der Waals surface area contributed by atoms with E-state index in [1.165, 1.54) is 77.0 Å². The summed E-state index contributed by atoms with van der Waals surface area (Å²) in [6, 6.07) is 0. The van der Waals surface area contributed by atoms with Crippen LogP contribution < -0.4 is 17.2 Å². The van der Waals surface area contributed by atoms with E-state index >= 15 is 0 Å². The Balaban J connectivity index is 1.46. The Labute approximate surface area is 327 Å². The number of ether oxygens (including phenoxy) is 2. The summed E-state index contributed by atoms with van der Waals surface area (Å²) in [7, 11) is 0. The Morgan fingerprint density at radius 1 is 0.774 bits per heavy atom. The van der Waals surface area contributed by atoms with Crippen LogP contribution in [0.4, 0.5) is 0 Å². The maximum Gasteiger partial charge on any atom is 0.222 e. The van der Waals surface area contributed by atoms with E-state index in [-0.39, 0.29) is 5.41 Å². The van der Waals surface area contributed by atoms with Gasteiger partial charge in [0.15, 0.2) is 0 Å². The lowest BCUT2D eigenvalue weighted by Gasteiger charge is -2.65. The lowest BCUT2D eigenvalue weighted by molar-refractivity contribution is -0.197. The second-order valence-corrected chi connectivity index (χ2v) is 18.4. The number of rotatable bonds is 27. The zero-order valence-electron chi connectivity index (χ0n) is 35.2. The smallest absolute Gasteiger partial charge is 0.222 e. The number of unbranched alkanes of at least 4 members (excludes halogenated alkanes) is 8. The number of carbonyl (C=O) groups excluding carboxylic acids is 1. The number of nitrogens with two attached hydrogens (primary N) is 3. The molecule has 0 radical (unpaired) electrons. The normalized spacial score (nSPS) is 32.2. The first-order chi connectivity index (χ1) is 25.8. The summed E-state index contributed by atoms with van der Waals surface area (Å²) in [6.45, 7) is 15.5. The molecule has 53 heavy (non-hydrogen) atoms. The second-order valence-electron chi connectivity index (χ2n) is 18.4. The highest BCUT2D eigenvalue weighted by Crippen LogP contribution is 2.69. The van der Waals surface area contributed by atoms with E-state index in [1.807, 2.05) is 0 Å². The number of nitrogens with zero attached hydrogens (tertiary/aromatic N) is 1. The first-order valence-electron chi connectivity index (χ1n) is 23.1. The van der Waals surface area contributed by atoms with Crippen LogP contribution in [-0.4, -0.2) is 69.0 Å². The molecule has 308 valence electrons. The predicted molar refractivity (Wildman–Crippen MR) is 223 cm³/mol. The van der Waals surface area contributed by atoms with Crippen LogP contribution in [0.3, 0.4) is 0 Å². The van der Waals surface area contributed by atoms with Gasteiger partial charge in [0.05, 0.1) is 12.2 Å². The van der Waals surface area contributed by atoms with E-state index in [1.54, 1.807) is 5.57 Å². The van der Waals surface area contributed by atoms with Gasteiger partial charge in [-0.05, 0) is 156 Å². The summed E-state index contributed by atoms with van der Waals surface area (Å²) in [6.07, 6.45) is 29.8. The fourth-order valence-electron chi connectivity index (χ4n) is 11.9. The van der Waals surface area contributed by atoms with Crippen LogP contribution in [-0.2, 0) is 14.3 Å². The fourth-order valence-corrected chi connectivity index (χ4v) is 11.9. The average Bonchev–Trinajstić information content (AvgIpc) is 3.50. The van der Waals surface area contributed by atoms with E-state index in [0.29, 0.717) is 72.6 Å². The van der Waals surface area contributed by atoms with Crippen LogP contribution in [0.1, 0.15) is 175 Å². The molecule has 7 nitrogen and oxygen atoms in total. The third-order valence-corrected chi connectivity index (χ3v) is 15.1. The topological polar surface area (TPSA) is 117 Å². The van der Waals surface area contributed by atoms with E-state index < -0.39 is 0 Å². The Morgan fingerprint density at radius 3 is 2.11 bits per heavy atom. The first kappa shape index (κ1) is 44.7. The zero-order chi connectivity index (χ0) is 38.1. The first-order valence-corrected chi connectivity index (χ1v) is 23.1. The molecule has 4 rings (SSSR count). The van der Waals surface area contributed by atoms with Crippen molar-refractivity contribution in [2.45, 2.75) is 188 Å². The lowest BCUT2D eigenvalue weighted by atomic mass is 9.41. The molecule has 0 aromatic rings. The SMILES string of the molecule is CCCCCCN(CCCCCC)C(=O)CCCCC1=CC[C@H]2C3C(OCCCN)CC4C[C@H](OCCCN)CCC4(C)[C@H]3CC(CCCCN)C12C. The van der Waals surface area contributed by atoms with Gasteiger partial charge in [0.2, 0.25) is 5.91 Å². The van der Waals surface area contributed by atoms with Crippen molar-refractivity contribution in [2.75, 3.05) is 45.9 Å². The molecule has 3 saturated carbocycles. The molecule has 1 amide bonds. The Kier molecular flexibility index (Phi) is 19.7. The van der Waals surface area contributed by atoms with Crippen LogP contribution in [0.5, 0.6) is 0 Å². The van der Waals surface area contributed by atoms with Gasteiger partial charge in [0.1, 0.15) is 0 Å². The highest BCUT2D eigenvalue weighted by atomic mass is 16.5. The molecule has 0 aromatic carbocycles. The van der Waals surface area contributed by atoms with E-state index in [9.17, 15) is 4.79 Å². The molecule has 0 spiro atoms. The molecule has 4 aliphatic rings. The van der Waals surface area contributed by atoms with E-state index in [2.05, 4.69) is 38.7 Å². The van der Waals surface area contributed by atoms with Gasteiger partial charge in [0, 0.05) is 32.7 Å². The van der Waals surface area contributed by atoms with Crippen LogP contribution in [0.15, 0.2) is 11.6 Å². The van der Waals surface area contributed by atoms with Crippen LogP contribution in [0.2, 0.25) is 0 Å². The van der Waals surface area contributed by atoms with Crippen LogP contribution >= 0.6 is 0 Å². The van der Waals surface area contributed by atoms with Crippen molar-refractivity contribution in [3.05, 3.63) is 11.6 Å². The minimum Gasteiger partial charge on any atom is -0.378 e. The number of allylic oxidation sites excluding steroid dienone is 2. The summed E-state index contributed by atoms with van der Waals surface area (Å²) in [5.41, 5.74) is 20.1. The molecule has 7 heteroatoms. The molecular formula is C46H86N4O3. The highest BCUT2D eigenvalue weighted by molar-refractivity contribution is 5.76. The number of hydrogen-bond acceptors (Lipinski definition) is 6. The van der Waals surface area contributed by atoms with Crippen molar-refractivity contribution < 1.29 is 14.3 Å². The number of hydrogen-bond donors (Lipinski definition) is 3. The minimum atomic E-state index is 0.200. The Bertz CT molecular complexity index is 1060. The number of fused-ring (bicyclic) bond motifs is 5. The Morgan fingerprint density at radius 2 is 1.45 bits per heavy atom. The van der Waals surface area contributed by atoms with Crippen LogP contribution in [0, 0.1) is 40.4 Å². The number of carbonyl (C=O) groups is 1. The van der Waals surface area contributed by atoms with Crippen molar-refractivity contribution in [3.8, 4) is 0 Å². The lowest BCUT2D eigenvalue weighted by Crippen LogP contribution is -2.61. The monoisotopic (exact) mass is 743 g/mol. The largest absolute Gasteiger partial charge is 0.378 e. The molecule has 9 atom stereocenters. The fraction of sp³-hybridized carbons (Fsp3) is 0.935. The van der Waals surface area contributed by atoms with Crippen molar-refractivity contribution in [1.82, 2.24) is 4.90 Å². The zero-order valence-corrected chi connectivity index (χ0v) is 35.2. The molecule has 6 N–H and O–H groups in total. The van der Waals surface area contributed by atoms with Gasteiger partial charge in [-0.15, -0.1) is 0 Å². The van der Waals surface area contributed by atoms with E-state index in [4.69, 9.17) is 26.7 Å². The Hall–Kier alpha value is -0.990. The molecule has 6 unspecified atom stereocenters. The average molecular weight is 743 g/mol. The van der Waals surface area contributed by atoms with Crippen molar-refractivity contribution in [1.29, 1.82) is 0 Å². The van der Waals surface area contributed by atoms with Gasteiger partial charge >= 0.3 is 0 Å². The van der Waals surface area contributed by atoms with Gasteiger partial charge in [-0.2, -0.15) is 0 Å². The molecule has 0 bridgehead atoms. The molecular weight excluding hydrogens is 657 g/mol. The minimum absolute atomic E-state index is 0.200. The van der Waals surface area contributed by atoms with Gasteiger partial charge in [-0.25, -0.2) is 0 Å². The van der Waals surface area contributed by atoms with Gasteiger partial charge in [0.25, 0.3) is 0 Å². The maximum atomic E-state index is 13.6. The summed E-state index contributed by atoms with van der Waals surface area (Å²) >= 11 is 0. The molecule has 0 heterocycles. The van der Waals surface area contributed by atoms with Gasteiger partial charge in [-0.3, -0.25) is 4.79 Å². The van der Waals surface area contributed by atoms with Crippen LogP contribution in [0.25, 0.3) is 0 Å². The standard InChI is InChI=1S/C46H86N4O3/c1-5-7-9-15-29-50(30-16-10-8-6-2)43(51)21-12-11-19-36-22-23-40-44-41(34-37(46(36,40)4)20-13-14-26-47)45(3)25-24-39(52-31-17-27-48)33-38(45)35-42(44)53-32-18-28-49/h22,37-42,44H,5-21,23-35,47-49H2,1-4H3/t37?,38?,39-,40+,41+,42?,44?,45?,46?/m1/s1. The van der Waals surface area contributed by atoms with Gasteiger partial charge in [-0.1, -0.05) is 84.3 Å². The van der Waals surface area contributed by atoms with Crippen molar-refractivity contribution in [2.24, 2.45) is 57.6 Å². The molecule has 0 aliphatic heterocycles. The summed E-state index contributed by atoms with van der Waals surface area (Å²) < 4.78 is 13.4. The van der Waals surface area contributed by atoms with Crippen molar-refractivity contribution in [3.63, 3.8) is 0 Å². The van der Waals surface area contributed by atoms with Crippen molar-refractivity contribution >= 4 is 5.91 Å².